The average Bonchev–Trinajstić information content (AvgIpc) is 1.86. The van der Waals surface area contributed by atoms with Gasteiger partial charge in [0.25, 0.3) is 0 Å². The molecule has 0 aromatic heterocycles. The van der Waals surface area contributed by atoms with Gasteiger partial charge in [-0.3, -0.25) is 0 Å². The number of hydrogen-bond donors (Lipinski definition) is 0. The molecule has 0 aliphatic heterocycles. The molecule has 13 heavy (non-hydrogen) atoms. The Hall–Kier alpha value is 0.356. The molecule has 0 saturated heterocycles. The molecule has 0 amide bonds. The molecule has 0 N–H and O–H groups in total. The van der Waals surface area contributed by atoms with Crippen molar-refractivity contribution < 1.29 is 25.6 Å². The van der Waals surface area contributed by atoms with E-state index in [1.807, 2.05) is 0 Å². The summed E-state index contributed by atoms with van der Waals surface area (Å²) in [4.78, 5) is 0. The first kappa shape index (κ1) is 15.8. The Morgan fingerprint density at radius 1 is 1.31 bits per heavy atom. The Balaban J connectivity index is 0. The minimum absolute atomic E-state index is 0. The Morgan fingerprint density at radius 3 is 2.15 bits per heavy atom. The number of benzene rings is 1. The van der Waals surface area contributed by atoms with E-state index < -0.39 is 11.7 Å². The van der Waals surface area contributed by atoms with Crippen LogP contribution in [0.3, 0.4) is 0 Å². The molecule has 0 heterocycles. The normalized spacial score (nSPS) is 9.85. The molecule has 1 aromatic carbocycles. The van der Waals surface area contributed by atoms with Crippen molar-refractivity contribution in [1.29, 1.82) is 0 Å². The van der Waals surface area contributed by atoms with Gasteiger partial charge in [0, 0.05) is 0 Å². The summed E-state index contributed by atoms with van der Waals surface area (Å²) in [5, 5.41) is -0.295. The van der Waals surface area contributed by atoms with Crippen LogP contribution in [0, 0.1) is 6.07 Å². The molecule has 0 fully saturated rings. The van der Waals surface area contributed by atoms with E-state index in [0.717, 1.165) is 12.1 Å². The van der Waals surface area contributed by atoms with Crippen molar-refractivity contribution in [1.82, 2.24) is 0 Å². The van der Waals surface area contributed by atoms with Crippen LogP contribution in [-0.2, 0) is 6.18 Å². The van der Waals surface area contributed by atoms with Gasteiger partial charge in [0.15, 0.2) is 0 Å². The molecule has 6 heteroatoms. The molecule has 0 spiro atoms. The van der Waals surface area contributed by atoms with Crippen LogP contribution in [0.15, 0.2) is 18.2 Å². The van der Waals surface area contributed by atoms with E-state index in [4.69, 9.17) is 11.6 Å². The van der Waals surface area contributed by atoms with Gasteiger partial charge in [-0.2, -0.15) is 37.4 Å². The molecule has 0 aliphatic carbocycles. The van der Waals surface area contributed by atoms with Crippen molar-refractivity contribution in [2.24, 2.45) is 0 Å². The third-order valence-corrected chi connectivity index (χ3v) is 1.45. The van der Waals surface area contributed by atoms with Crippen molar-refractivity contribution in [3.8, 4) is 0 Å². The molecule has 0 unspecified atom stereocenters. The second-order valence-corrected chi connectivity index (χ2v) is 2.31. The monoisotopic (exact) mass is 238 g/mol. The van der Waals surface area contributed by atoms with Crippen molar-refractivity contribution >= 4 is 34.7 Å². The molecular formula is C7H3Cl2F3Mg. The summed E-state index contributed by atoms with van der Waals surface area (Å²) in [6, 6.07) is 5.61. The second-order valence-electron chi connectivity index (χ2n) is 1.90. The van der Waals surface area contributed by atoms with Crippen molar-refractivity contribution in [2.45, 2.75) is 6.18 Å². The van der Waals surface area contributed by atoms with Gasteiger partial charge >= 0.3 is 29.2 Å². The summed E-state index contributed by atoms with van der Waals surface area (Å²) in [7, 11) is 0. The zero-order valence-electron chi connectivity index (χ0n) is 6.33. The number of hydrogen-bond acceptors (Lipinski definition) is 0. The van der Waals surface area contributed by atoms with Crippen LogP contribution in [0.1, 0.15) is 5.56 Å². The van der Waals surface area contributed by atoms with Crippen LogP contribution in [0.5, 0.6) is 0 Å². The van der Waals surface area contributed by atoms with Crippen LogP contribution in [0.4, 0.5) is 13.2 Å². The summed E-state index contributed by atoms with van der Waals surface area (Å²) < 4.78 is 35.8. The van der Waals surface area contributed by atoms with Gasteiger partial charge in [-0.15, -0.1) is 11.6 Å². The van der Waals surface area contributed by atoms with Gasteiger partial charge in [0.2, 0.25) is 0 Å². The predicted octanol–water partition coefficient (Wildman–Crippen LogP) is -0.218. The third-order valence-electron chi connectivity index (χ3n) is 1.12. The zero-order chi connectivity index (χ0) is 8.48. The number of halogens is 5. The minimum atomic E-state index is -4.38. The zero-order valence-corrected chi connectivity index (χ0v) is 9.26. The molecule has 0 atom stereocenters. The summed E-state index contributed by atoms with van der Waals surface area (Å²) in [5.74, 6) is 0. The molecule has 1 rings (SSSR count). The van der Waals surface area contributed by atoms with Crippen LogP contribution in [-0.4, -0.2) is 23.1 Å². The molecule has 0 saturated carbocycles. The largest absolute Gasteiger partial charge is 2.00 e. The van der Waals surface area contributed by atoms with Crippen LogP contribution in [0.25, 0.3) is 0 Å². The van der Waals surface area contributed by atoms with Crippen molar-refractivity contribution in [3.63, 3.8) is 0 Å². The summed E-state index contributed by atoms with van der Waals surface area (Å²) in [5.41, 5.74) is -0.846. The molecule has 1 aromatic rings. The molecule has 0 radical (unpaired) electrons. The van der Waals surface area contributed by atoms with Gasteiger partial charge < -0.3 is 12.4 Å². The van der Waals surface area contributed by atoms with Gasteiger partial charge in [0.1, 0.15) is 0 Å². The smallest absolute Gasteiger partial charge is 1.00 e. The third kappa shape index (κ3) is 4.40. The van der Waals surface area contributed by atoms with Crippen LogP contribution >= 0.6 is 11.6 Å². The number of alkyl halides is 3. The maximum atomic E-state index is 11.9. The Morgan fingerprint density at radius 2 is 1.85 bits per heavy atom. The SMILES string of the molecule is FC(F)(F)c1c[c-]ccc1Cl.[Cl-].[Mg+2]. The van der Waals surface area contributed by atoms with Crippen LogP contribution in [0.2, 0.25) is 5.02 Å². The number of rotatable bonds is 0. The molecule has 0 nitrogen and oxygen atoms in total. The van der Waals surface area contributed by atoms with Crippen LogP contribution < -0.4 is 12.4 Å². The summed E-state index contributed by atoms with van der Waals surface area (Å²) in [6.07, 6.45) is -4.38. The Bertz CT molecular complexity index is 262. The maximum Gasteiger partial charge on any atom is 2.00 e. The van der Waals surface area contributed by atoms with E-state index in [-0.39, 0.29) is 40.5 Å². The van der Waals surface area contributed by atoms with E-state index >= 15 is 0 Å². The molecule has 0 bridgehead atoms. The fourth-order valence-electron chi connectivity index (χ4n) is 0.629. The molecule has 0 aliphatic rings. The molecular weight excluding hydrogens is 236 g/mol. The first-order valence-electron chi connectivity index (χ1n) is 2.74. The average molecular weight is 239 g/mol. The molecule has 68 valence electrons. The second kappa shape index (κ2) is 5.96. The summed E-state index contributed by atoms with van der Waals surface area (Å²) in [6.45, 7) is 0. The quantitative estimate of drug-likeness (QED) is 0.434. The van der Waals surface area contributed by atoms with E-state index in [1.54, 1.807) is 0 Å². The van der Waals surface area contributed by atoms with Gasteiger partial charge in [-0.25, -0.2) is 0 Å². The van der Waals surface area contributed by atoms with Gasteiger partial charge in [-0.1, -0.05) is 5.02 Å². The minimum Gasteiger partial charge on any atom is -1.00 e. The van der Waals surface area contributed by atoms with E-state index in [9.17, 15) is 13.2 Å². The van der Waals surface area contributed by atoms with Crippen molar-refractivity contribution in [2.75, 3.05) is 0 Å². The van der Waals surface area contributed by atoms with Gasteiger partial charge in [-0.05, 0) is 5.56 Å². The Labute approximate surface area is 101 Å². The van der Waals surface area contributed by atoms with Gasteiger partial charge in [0.05, 0.1) is 0 Å². The Kier molecular flexibility index (Phi) is 7.24. The fourth-order valence-corrected chi connectivity index (χ4v) is 0.853. The maximum absolute atomic E-state index is 11.9. The predicted molar refractivity (Wildman–Crippen MR) is 41.0 cm³/mol. The topological polar surface area (TPSA) is 0 Å². The fraction of sp³-hybridized carbons (Fsp3) is 0.143. The summed E-state index contributed by atoms with van der Waals surface area (Å²) >= 11 is 5.27. The van der Waals surface area contributed by atoms with Crippen molar-refractivity contribution in [3.05, 3.63) is 34.9 Å². The first-order valence-corrected chi connectivity index (χ1v) is 3.12. The van der Waals surface area contributed by atoms with E-state index in [1.165, 1.54) is 6.07 Å². The van der Waals surface area contributed by atoms with E-state index in [0.29, 0.717) is 0 Å². The van der Waals surface area contributed by atoms with E-state index in [2.05, 4.69) is 6.07 Å². The first-order chi connectivity index (χ1) is 5.02. The standard InChI is InChI=1S/C7H3ClF3.ClH.Mg/c8-6-4-2-1-3-5(6)7(9,10)11;;/h2-4H;1H;/q-1;;+2/p-1.